The first-order chi connectivity index (χ1) is 12.3. The van der Waals surface area contributed by atoms with Crippen molar-refractivity contribution in [2.24, 2.45) is 10.7 Å². The minimum absolute atomic E-state index is 0.0304. The number of benzene rings is 1. The number of aromatic nitrogens is 3. The van der Waals surface area contributed by atoms with Crippen LogP contribution in [0.3, 0.4) is 0 Å². The van der Waals surface area contributed by atoms with E-state index in [0.29, 0.717) is 16.3 Å². The van der Waals surface area contributed by atoms with Crippen LogP contribution in [0.2, 0.25) is 0 Å². The molecule has 26 heavy (non-hydrogen) atoms. The molecule has 0 aliphatic carbocycles. The van der Waals surface area contributed by atoms with Crippen molar-refractivity contribution < 1.29 is 13.8 Å². The molecule has 11 heteroatoms. The maximum atomic E-state index is 13.3. The number of rotatable bonds is 4. The molecule has 0 saturated heterocycles. The summed E-state index contributed by atoms with van der Waals surface area (Å²) in [4.78, 5) is 21.2. The summed E-state index contributed by atoms with van der Waals surface area (Å²) in [6, 6.07) is 4.15. The minimum atomic E-state index is -0.422. The summed E-state index contributed by atoms with van der Waals surface area (Å²) < 4.78 is 18.2. The second kappa shape index (κ2) is 7.30. The zero-order valence-electron chi connectivity index (χ0n) is 13.6. The summed E-state index contributed by atoms with van der Waals surface area (Å²) in [6.07, 6.45) is 0. The Bertz CT molecular complexity index is 1020. The molecule has 2 heterocycles. The van der Waals surface area contributed by atoms with E-state index in [9.17, 15) is 9.18 Å². The first-order valence-corrected chi connectivity index (χ1v) is 8.83. The van der Waals surface area contributed by atoms with Gasteiger partial charge in [0.25, 0.3) is 5.91 Å². The number of nitrogens with one attached hydrogen (secondary N) is 1. The molecule has 0 spiro atoms. The number of hydrogen-bond acceptors (Lipinski definition) is 7. The molecule has 1 aromatic carbocycles. The van der Waals surface area contributed by atoms with Crippen LogP contribution in [0.15, 0.2) is 32.3 Å². The SMILES string of the molecule is Cc1nc(C)c(C(=O)Nc2nonc2C(N)=Nc2ccc(F)c(Br)c2)s1. The molecule has 3 aromatic rings. The number of thiazole rings is 1. The lowest BCUT2D eigenvalue weighted by Crippen LogP contribution is -2.19. The molecule has 0 aliphatic heterocycles. The maximum absolute atomic E-state index is 13.3. The van der Waals surface area contributed by atoms with Crippen LogP contribution in [0, 0.1) is 19.7 Å². The lowest BCUT2D eigenvalue weighted by molar-refractivity contribution is 0.102. The molecule has 1 amide bonds. The molecule has 0 radical (unpaired) electrons. The molecule has 3 N–H and O–H groups in total. The van der Waals surface area contributed by atoms with Gasteiger partial charge in [-0.1, -0.05) is 0 Å². The smallest absolute Gasteiger partial charge is 0.268 e. The minimum Gasteiger partial charge on any atom is -0.382 e. The Hall–Kier alpha value is -2.66. The van der Waals surface area contributed by atoms with Crippen LogP contribution in [0.25, 0.3) is 0 Å². The summed E-state index contributed by atoms with van der Waals surface area (Å²) in [6.45, 7) is 3.55. The Morgan fingerprint density at radius 2 is 2.15 bits per heavy atom. The Balaban J connectivity index is 1.85. The third-order valence-electron chi connectivity index (χ3n) is 3.23. The summed E-state index contributed by atoms with van der Waals surface area (Å²) >= 11 is 4.33. The first kappa shape index (κ1) is 18.1. The van der Waals surface area contributed by atoms with E-state index in [1.807, 2.05) is 6.92 Å². The number of hydrogen-bond donors (Lipinski definition) is 2. The Morgan fingerprint density at radius 1 is 1.38 bits per heavy atom. The van der Waals surface area contributed by atoms with Crippen molar-refractivity contribution in [3.05, 3.63) is 49.8 Å². The number of nitrogens with zero attached hydrogens (tertiary/aromatic N) is 4. The molecular formula is C15H12BrFN6O2S. The summed E-state index contributed by atoms with van der Waals surface area (Å²) in [5, 5.41) is 10.7. The van der Waals surface area contributed by atoms with Crippen LogP contribution in [0.4, 0.5) is 15.9 Å². The standard InChI is InChI=1S/C15H12BrFN6O2S/c1-6-12(26-7(2)19-6)15(24)21-14-11(22-25-23-14)13(18)20-8-3-4-10(17)9(16)5-8/h3-5H,1-2H3,(H2,18,20)(H,21,23,24). The zero-order chi connectivity index (χ0) is 18.8. The highest BCUT2D eigenvalue weighted by Gasteiger charge is 2.20. The Labute approximate surface area is 159 Å². The van der Waals surface area contributed by atoms with E-state index in [0.717, 1.165) is 5.01 Å². The molecule has 0 bridgehead atoms. The van der Waals surface area contributed by atoms with Gasteiger partial charge in [0.1, 0.15) is 10.7 Å². The van der Waals surface area contributed by atoms with Gasteiger partial charge >= 0.3 is 0 Å². The van der Waals surface area contributed by atoms with E-state index in [1.165, 1.54) is 29.5 Å². The number of carbonyl (C=O) groups is 1. The molecule has 2 aromatic heterocycles. The number of aliphatic imine (C=N–C) groups is 1. The highest BCUT2D eigenvalue weighted by molar-refractivity contribution is 9.10. The maximum Gasteiger partial charge on any atom is 0.268 e. The van der Waals surface area contributed by atoms with Crippen molar-refractivity contribution in [3.63, 3.8) is 0 Å². The third-order valence-corrected chi connectivity index (χ3v) is 4.90. The van der Waals surface area contributed by atoms with E-state index in [4.69, 9.17) is 5.73 Å². The van der Waals surface area contributed by atoms with Gasteiger partial charge in [0.15, 0.2) is 11.5 Å². The van der Waals surface area contributed by atoms with Gasteiger partial charge in [-0.25, -0.2) is 19.0 Å². The lowest BCUT2D eigenvalue weighted by Gasteiger charge is -2.02. The van der Waals surface area contributed by atoms with Gasteiger partial charge in [-0.05, 0) is 58.3 Å². The van der Waals surface area contributed by atoms with E-state index < -0.39 is 11.7 Å². The van der Waals surface area contributed by atoms with Crippen molar-refractivity contribution in [2.45, 2.75) is 13.8 Å². The van der Waals surface area contributed by atoms with Crippen LogP contribution in [0.5, 0.6) is 0 Å². The Kier molecular flexibility index (Phi) is 5.09. The number of amides is 1. The van der Waals surface area contributed by atoms with Crippen molar-refractivity contribution >= 4 is 50.5 Å². The van der Waals surface area contributed by atoms with Gasteiger partial charge in [-0.15, -0.1) is 11.3 Å². The lowest BCUT2D eigenvalue weighted by atomic mass is 10.3. The number of carbonyl (C=O) groups excluding carboxylic acids is 1. The fourth-order valence-electron chi connectivity index (χ4n) is 2.09. The van der Waals surface area contributed by atoms with E-state index in [2.05, 4.69) is 46.2 Å². The van der Waals surface area contributed by atoms with E-state index in [-0.39, 0.29) is 21.8 Å². The molecule has 8 nitrogen and oxygen atoms in total. The predicted molar refractivity (Wildman–Crippen MR) is 98.3 cm³/mol. The molecule has 0 atom stereocenters. The number of nitrogens with two attached hydrogens (primary N) is 1. The number of anilines is 1. The predicted octanol–water partition coefficient (Wildman–Crippen LogP) is 3.33. The number of amidine groups is 1. The largest absolute Gasteiger partial charge is 0.382 e. The normalized spacial score (nSPS) is 11.6. The van der Waals surface area contributed by atoms with E-state index >= 15 is 0 Å². The average molecular weight is 439 g/mol. The van der Waals surface area contributed by atoms with Crippen LogP contribution in [-0.4, -0.2) is 27.0 Å². The summed E-state index contributed by atoms with van der Waals surface area (Å²) in [7, 11) is 0. The van der Waals surface area contributed by atoms with Crippen molar-refractivity contribution in [2.75, 3.05) is 5.32 Å². The quantitative estimate of drug-likeness (QED) is 0.476. The van der Waals surface area contributed by atoms with Gasteiger partial charge in [0, 0.05) is 0 Å². The van der Waals surface area contributed by atoms with E-state index in [1.54, 1.807) is 6.92 Å². The monoisotopic (exact) mass is 438 g/mol. The topological polar surface area (TPSA) is 119 Å². The van der Waals surface area contributed by atoms with Gasteiger partial charge < -0.3 is 11.1 Å². The second-order valence-corrected chi connectivity index (χ2v) is 7.22. The first-order valence-electron chi connectivity index (χ1n) is 7.22. The van der Waals surface area contributed by atoms with Gasteiger partial charge in [0.05, 0.1) is 20.9 Å². The molecule has 3 rings (SSSR count). The fourth-order valence-corrected chi connectivity index (χ4v) is 3.27. The number of aryl methyl sites for hydroxylation is 2. The summed E-state index contributed by atoms with van der Waals surface area (Å²) in [5.74, 6) is -0.837. The van der Waals surface area contributed by atoms with Crippen molar-refractivity contribution in [1.29, 1.82) is 0 Å². The molecule has 0 unspecified atom stereocenters. The highest BCUT2D eigenvalue weighted by Crippen LogP contribution is 2.23. The third kappa shape index (κ3) is 3.78. The zero-order valence-corrected chi connectivity index (χ0v) is 16.0. The fraction of sp³-hybridized carbons (Fsp3) is 0.133. The highest BCUT2D eigenvalue weighted by atomic mass is 79.9. The van der Waals surface area contributed by atoms with Crippen LogP contribution in [-0.2, 0) is 0 Å². The summed E-state index contributed by atoms with van der Waals surface area (Å²) in [5.41, 5.74) is 7.00. The molecule has 0 saturated carbocycles. The molecule has 0 fully saturated rings. The van der Waals surface area contributed by atoms with Crippen molar-refractivity contribution in [3.8, 4) is 0 Å². The van der Waals surface area contributed by atoms with Crippen molar-refractivity contribution in [1.82, 2.24) is 15.3 Å². The average Bonchev–Trinajstić information content (AvgIpc) is 3.17. The second-order valence-electron chi connectivity index (χ2n) is 5.16. The molecular weight excluding hydrogens is 427 g/mol. The molecule has 0 aliphatic rings. The van der Waals surface area contributed by atoms with Crippen LogP contribution < -0.4 is 11.1 Å². The van der Waals surface area contributed by atoms with Crippen LogP contribution >= 0.6 is 27.3 Å². The van der Waals surface area contributed by atoms with Gasteiger partial charge in [-0.3, -0.25) is 4.79 Å². The molecule has 134 valence electrons. The van der Waals surface area contributed by atoms with Gasteiger partial charge in [0.2, 0.25) is 5.82 Å². The van der Waals surface area contributed by atoms with Crippen LogP contribution in [0.1, 0.15) is 26.1 Å². The number of halogens is 2. The Morgan fingerprint density at radius 3 is 2.81 bits per heavy atom. The van der Waals surface area contributed by atoms with Gasteiger partial charge in [-0.2, -0.15) is 0 Å².